The van der Waals surface area contributed by atoms with E-state index in [1.54, 1.807) is 12.1 Å². The number of ether oxygens (including phenoxy) is 2. The molecule has 3 atom stereocenters. The van der Waals surface area contributed by atoms with Gasteiger partial charge in [0.15, 0.2) is 5.76 Å². The zero-order valence-corrected chi connectivity index (χ0v) is 20.0. The Labute approximate surface area is 196 Å². The number of carbonyl (C=O) groups excluding carboxylic acids is 2. The first-order valence-corrected chi connectivity index (χ1v) is 11.9. The summed E-state index contributed by atoms with van der Waals surface area (Å²) in [4.78, 5) is 24.8. The lowest BCUT2D eigenvalue weighted by atomic mass is 9.78. The number of para-hydroxylation sites is 2. The van der Waals surface area contributed by atoms with Crippen LogP contribution < -0.4 is 16.4 Å². The lowest BCUT2D eigenvalue weighted by Crippen LogP contribution is -2.41. The molecule has 1 aliphatic rings. The number of amides is 2. The number of carbonyl (C=O) groups is 2. The van der Waals surface area contributed by atoms with Gasteiger partial charge in [0.1, 0.15) is 0 Å². The minimum Gasteiger partial charge on any atom is -0.459 e. The molecule has 8 nitrogen and oxygen atoms in total. The van der Waals surface area contributed by atoms with Gasteiger partial charge in [-0.1, -0.05) is 26.0 Å². The van der Waals surface area contributed by atoms with Crippen LogP contribution in [-0.4, -0.2) is 43.0 Å². The summed E-state index contributed by atoms with van der Waals surface area (Å²) in [5, 5.41) is 14.9. The topological polar surface area (TPSA) is 123 Å². The Morgan fingerprint density at radius 2 is 1.97 bits per heavy atom. The van der Waals surface area contributed by atoms with E-state index in [-0.39, 0.29) is 36.0 Å². The van der Waals surface area contributed by atoms with Crippen LogP contribution in [0.2, 0.25) is 0 Å². The zero-order valence-electron chi connectivity index (χ0n) is 20.0. The number of benzene rings is 1. The maximum atomic E-state index is 12.7. The summed E-state index contributed by atoms with van der Waals surface area (Å²) in [5.74, 6) is 0.422. The van der Waals surface area contributed by atoms with Gasteiger partial charge < -0.3 is 30.9 Å². The number of aliphatic hydroxyl groups is 1. The van der Waals surface area contributed by atoms with Gasteiger partial charge in [0.2, 0.25) is 12.2 Å². The minimum absolute atomic E-state index is 0.0887. The molecule has 1 aliphatic heterocycles. The molecule has 1 aromatic carbocycles. The van der Waals surface area contributed by atoms with E-state index in [4.69, 9.17) is 15.2 Å². The molecule has 8 heteroatoms. The number of nitrogens with two attached hydrogens (primary N) is 1. The van der Waals surface area contributed by atoms with Crippen molar-refractivity contribution in [1.29, 1.82) is 0 Å². The van der Waals surface area contributed by atoms with E-state index in [1.165, 1.54) is 0 Å². The molecule has 0 unspecified atom stereocenters. The van der Waals surface area contributed by atoms with E-state index in [0.717, 1.165) is 6.42 Å². The van der Waals surface area contributed by atoms with Gasteiger partial charge in [0.05, 0.1) is 11.4 Å². The Morgan fingerprint density at radius 3 is 2.64 bits per heavy atom. The van der Waals surface area contributed by atoms with E-state index in [9.17, 15) is 14.7 Å². The average molecular weight is 462 g/mol. The molecule has 1 aromatic rings. The molecule has 33 heavy (non-hydrogen) atoms. The first kappa shape index (κ1) is 26.7. The number of hydrogen-bond acceptors (Lipinski definition) is 6. The van der Waals surface area contributed by atoms with Crippen molar-refractivity contribution >= 4 is 23.2 Å². The second kappa shape index (κ2) is 13.9. The van der Waals surface area contributed by atoms with E-state index in [2.05, 4.69) is 24.5 Å². The van der Waals surface area contributed by atoms with Gasteiger partial charge in [-0.3, -0.25) is 9.59 Å². The number of allylic oxidation sites excluding steroid dienone is 1. The number of aliphatic hydroxyl groups excluding tert-OH is 1. The SMILES string of the molecule is CCO[C@H]1OC(C(=O)NCCCCC(=O)Nc2ccccc2N)=C[C@@H](C(C)C)[C@@H]1CCCO. The second-order valence-electron chi connectivity index (χ2n) is 8.67. The van der Waals surface area contributed by atoms with Crippen molar-refractivity contribution in [3.05, 3.63) is 36.1 Å². The Balaban J connectivity index is 1.83. The summed E-state index contributed by atoms with van der Waals surface area (Å²) in [6.07, 6.45) is 4.48. The molecule has 0 aromatic heterocycles. The summed E-state index contributed by atoms with van der Waals surface area (Å²) in [6, 6.07) is 7.13. The lowest BCUT2D eigenvalue weighted by Gasteiger charge is -2.38. The van der Waals surface area contributed by atoms with Crippen molar-refractivity contribution in [1.82, 2.24) is 5.32 Å². The Hall–Kier alpha value is -2.58. The van der Waals surface area contributed by atoms with Crippen LogP contribution in [0.15, 0.2) is 36.1 Å². The molecule has 0 aliphatic carbocycles. The predicted octanol–water partition coefficient (Wildman–Crippen LogP) is 3.43. The van der Waals surface area contributed by atoms with Crippen LogP contribution in [0.25, 0.3) is 0 Å². The van der Waals surface area contributed by atoms with Crippen LogP contribution >= 0.6 is 0 Å². The maximum absolute atomic E-state index is 12.7. The molecule has 0 saturated heterocycles. The number of rotatable bonds is 13. The molecule has 0 spiro atoms. The normalized spacial score (nSPS) is 20.2. The van der Waals surface area contributed by atoms with Gasteiger partial charge in [0.25, 0.3) is 5.91 Å². The molecule has 2 amide bonds. The van der Waals surface area contributed by atoms with Crippen molar-refractivity contribution in [3.63, 3.8) is 0 Å². The summed E-state index contributed by atoms with van der Waals surface area (Å²) >= 11 is 0. The number of nitrogen functional groups attached to an aromatic ring is 1. The highest BCUT2D eigenvalue weighted by Crippen LogP contribution is 2.37. The zero-order chi connectivity index (χ0) is 24.2. The van der Waals surface area contributed by atoms with Gasteiger partial charge >= 0.3 is 0 Å². The average Bonchev–Trinajstić information content (AvgIpc) is 2.79. The Morgan fingerprint density at radius 1 is 1.21 bits per heavy atom. The molecule has 2 rings (SSSR count). The largest absolute Gasteiger partial charge is 0.459 e. The van der Waals surface area contributed by atoms with Crippen LogP contribution in [0, 0.1) is 17.8 Å². The molecule has 0 bridgehead atoms. The van der Waals surface area contributed by atoms with E-state index >= 15 is 0 Å². The Bertz CT molecular complexity index is 796. The van der Waals surface area contributed by atoms with Crippen LogP contribution in [0.5, 0.6) is 0 Å². The lowest BCUT2D eigenvalue weighted by molar-refractivity contribution is -0.175. The second-order valence-corrected chi connectivity index (χ2v) is 8.67. The summed E-state index contributed by atoms with van der Waals surface area (Å²) < 4.78 is 11.7. The third kappa shape index (κ3) is 8.37. The van der Waals surface area contributed by atoms with Gasteiger partial charge in [-0.2, -0.15) is 0 Å². The fourth-order valence-electron chi connectivity index (χ4n) is 4.05. The highest BCUT2D eigenvalue weighted by atomic mass is 16.7. The van der Waals surface area contributed by atoms with Gasteiger partial charge in [-0.25, -0.2) is 0 Å². The van der Waals surface area contributed by atoms with Crippen molar-refractivity contribution < 1.29 is 24.2 Å². The highest BCUT2D eigenvalue weighted by Gasteiger charge is 2.38. The van der Waals surface area contributed by atoms with E-state index < -0.39 is 6.29 Å². The van der Waals surface area contributed by atoms with Gasteiger partial charge in [-0.15, -0.1) is 0 Å². The maximum Gasteiger partial charge on any atom is 0.286 e. The Kier molecular flexibility index (Phi) is 11.2. The predicted molar refractivity (Wildman–Crippen MR) is 129 cm³/mol. The van der Waals surface area contributed by atoms with Crippen molar-refractivity contribution in [2.75, 3.05) is 30.8 Å². The molecule has 5 N–H and O–H groups in total. The number of nitrogens with one attached hydrogen (secondary N) is 2. The first-order chi connectivity index (χ1) is 15.9. The third-order valence-corrected chi connectivity index (χ3v) is 5.80. The van der Waals surface area contributed by atoms with Gasteiger partial charge in [-0.05, 0) is 62.7 Å². The monoisotopic (exact) mass is 461 g/mol. The molecule has 1 heterocycles. The minimum atomic E-state index is -0.506. The smallest absolute Gasteiger partial charge is 0.286 e. The fourth-order valence-corrected chi connectivity index (χ4v) is 4.05. The molecule has 0 saturated carbocycles. The van der Waals surface area contributed by atoms with Crippen molar-refractivity contribution in [2.45, 2.75) is 59.2 Å². The highest BCUT2D eigenvalue weighted by molar-refractivity contribution is 5.93. The molecule has 184 valence electrons. The van der Waals surface area contributed by atoms with Crippen LogP contribution in [0.4, 0.5) is 11.4 Å². The van der Waals surface area contributed by atoms with Crippen LogP contribution in [0.3, 0.4) is 0 Å². The van der Waals surface area contributed by atoms with Gasteiger partial charge in [0, 0.05) is 32.1 Å². The van der Waals surface area contributed by atoms with E-state index in [0.29, 0.717) is 56.1 Å². The number of anilines is 2. The third-order valence-electron chi connectivity index (χ3n) is 5.80. The quantitative estimate of drug-likeness (QED) is 0.264. The number of hydrogen-bond donors (Lipinski definition) is 4. The first-order valence-electron chi connectivity index (χ1n) is 11.9. The standard InChI is InChI=1S/C25H39N3O5/c1-4-32-25-18(10-9-15-29)19(17(2)3)16-22(33-25)24(31)27-14-8-7-13-23(30)28-21-12-6-5-11-20(21)26/h5-6,11-12,16-19,25,29H,4,7-10,13-15,26H2,1-3H3,(H,27,31)(H,28,30)/t18-,19-,25-/m0/s1. The number of unbranched alkanes of at least 4 members (excludes halogenated alkanes) is 1. The summed E-state index contributed by atoms with van der Waals surface area (Å²) in [6.45, 7) is 7.18. The van der Waals surface area contributed by atoms with E-state index in [1.807, 2.05) is 25.1 Å². The molecular formula is C25H39N3O5. The summed E-state index contributed by atoms with van der Waals surface area (Å²) in [5.41, 5.74) is 6.98. The molecular weight excluding hydrogens is 422 g/mol. The van der Waals surface area contributed by atoms with Crippen LogP contribution in [-0.2, 0) is 19.1 Å². The van der Waals surface area contributed by atoms with Crippen molar-refractivity contribution in [3.8, 4) is 0 Å². The molecule has 0 fully saturated rings. The van der Waals surface area contributed by atoms with Crippen molar-refractivity contribution in [2.24, 2.45) is 17.8 Å². The van der Waals surface area contributed by atoms with Crippen LogP contribution in [0.1, 0.15) is 52.9 Å². The summed E-state index contributed by atoms with van der Waals surface area (Å²) in [7, 11) is 0. The molecule has 0 radical (unpaired) electrons. The fraction of sp³-hybridized carbons (Fsp3) is 0.600.